The van der Waals surface area contributed by atoms with E-state index in [4.69, 9.17) is 25.8 Å². The molecule has 0 fully saturated rings. The smallest absolute Gasteiger partial charge is 0.263 e. The Kier molecular flexibility index (Phi) is 4.49. The molecule has 4 rings (SSSR count). The monoisotopic (exact) mass is 397 g/mol. The zero-order chi connectivity index (χ0) is 19.8. The van der Waals surface area contributed by atoms with E-state index in [9.17, 15) is 9.90 Å². The van der Waals surface area contributed by atoms with E-state index in [1.807, 2.05) is 12.1 Å². The minimum absolute atomic E-state index is 0.135. The van der Waals surface area contributed by atoms with E-state index in [-0.39, 0.29) is 28.7 Å². The number of nitrogens with zero attached hydrogens (tertiary/aromatic N) is 1. The number of rotatable bonds is 3. The second-order valence-corrected chi connectivity index (χ2v) is 6.49. The fraction of sp³-hybridized carbons (Fsp3) is 0.0952. The van der Waals surface area contributed by atoms with Gasteiger partial charge in [0.15, 0.2) is 23.0 Å². The molecule has 1 heterocycles. The van der Waals surface area contributed by atoms with Gasteiger partial charge in [-0.2, -0.15) is 0 Å². The Hall–Kier alpha value is -3.38. The lowest BCUT2D eigenvalue weighted by molar-refractivity contribution is 0.0996. The van der Waals surface area contributed by atoms with Gasteiger partial charge in [0.1, 0.15) is 0 Å². The molecule has 0 saturated carbocycles. The number of methoxy groups -OCH3 is 2. The first-order valence-electron chi connectivity index (χ1n) is 8.39. The highest BCUT2D eigenvalue weighted by Crippen LogP contribution is 2.48. The molecule has 1 aliphatic heterocycles. The predicted molar refractivity (Wildman–Crippen MR) is 106 cm³/mol. The van der Waals surface area contributed by atoms with E-state index in [1.165, 1.54) is 31.3 Å². The lowest BCUT2D eigenvalue weighted by Gasteiger charge is -2.31. The van der Waals surface area contributed by atoms with Crippen molar-refractivity contribution >= 4 is 28.9 Å². The van der Waals surface area contributed by atoms with Crippen LogP contribution in [0.1, 0.15) is 10.4 Å². The van der Waals surface area contributed by atoms with Crippen molar-refractivity contribution in [2.75, 3.05) is 19.1 Å². The zero-order valence-electron chi connectivity index (χ0n) is 15.1. The number of phenolic OH excluding ortho intramolecular Hbond substituents is 1. The first kappa shape index (κ1) is 18.0. The summed E-state index contributed by atoms with van der Waals surface area (Å²) in [7, 11) is 2.81. The average molecular weight is 398 g/mol. The Bertz CT molecular complexity index is 1060. The van der Waals surface area contributed by atoms with Crippen LogP contribution >= 0.6 is 11.6 Å². The molecule has 3 aromatic rings. The molecule has 0 unspecified atom stereocenters. The molecule has 0 bridgehead atoms. The molecule has 1 amide bonds. The number of ether oxygens (including phenoxy) is 3. The van der Waals surface area contributed by atoms with Gasteiger partial charge in [-0.25, -0.2) is 0 Å². The van der Waals surface area contributed by atoms with Gasteiger partial charge in [-0.3, -0.25) is 9.69 Å². The highest BCUT2D eigenvalue weighted by atomic mass is 35.5. The van der Waals surface area contributed by atoms with Gasteiger partial charge >= 0.3 is 0 Å². The third kappa shape index (κ3) is 2.88. The topological polar surface area (TPSA) is 68.2 Å². The molecule has 0 aromatic heterocycles. The number of para-hydroxylation sites is 2. The molecule has 3 aromatic carbocycles. The Labute approximate surface area is 166 Å². The van der Waals surface area contributed by atoms with E-state index >= 15 is 0 Å². The summed E-state index contributed by atoms with van der Waals surface area (Å²) in [6.45, 7) is 0. The van der Waals surface area contributed by atoms with E-state index in [0.29, 0.717) is 27.9 Å². The highest BCUT2D eigenvalue weighted by Gasteiger charge is 2.31. The summed E-state index contributed by atoms with van der Waals surface area (Å²) < 4.78 is 16.3. The molecular formula is C21H16ClNO5. The number of hydrogen-bond donors (Lipinski definition) is 1. The quantitative estimate of drug-likeness (QED) is 0.662. The minimum atomic E-state index is -0.351. The van der Waals surface area contributed by atoms with E-state index in [2.05, 4.69) is 0 Å². The normalized spacial score (nSPS) is 11.9. The maximum atomic E-state index is 13.5. The maximum absolute atomic E-state index is 13.5. The van der Waals surface area contributed by atoms with Crippen molar-refractivity contribution in [3.05, 3.63) is 65.2 Å². The van der Waals surface area contributed by atoms with Crippen molar-refractivity contribution in [3.63, 3.8) is 0 Å². The standard InChI is InChI=1S/C21H16ClNO5/c1-26-18-9-12(10-19(27-2)20(18)24)21(25)23-14-5-3-4-6-16(14)28-17-8-7-13(22)11-15(17)23/h3-11,24H,1-2H3. The average Bonchev–Trinajstić information content (AvgIpc) is 2.71. The molecule has 0 spiro atoms. The second kappa shape index (κ2) is 6.98. The fourth-order valence-corrected chi connectivity index (χ4v) is 3.26. The van der Waals surface area contributed by atoms with Crippen LogP contribution in [0.4, 0.5) is 11.4 Å². The third-order valence-corrected chi connectivity index (χ3v) is 4.65. The maximum Gasteiger partial charge on any atom is 0.263 e. The molecule has 0 atom stereocenters. The minimum Gasteiger partial charge on any atom is -0.502 e. The van der Waals surface area contributed by atoms with Gasteiger partial charge in [0, 0.05) is 10.6 Å². The first-order valence-corrected chi connectivity index (χ1v) is 8.77. The van der Waals surface area contributed by atoms with Crippen molar-refractivity contribution < 1.29 is 24.1 Å². The molecule has 7 heteroatoms. The van der Waals surface area contributed by atoms with Gasteiger partial charge in [-0.1, -0.05) is 23.7 Å². The van der Waals surface area contributed by atoms with E-state index < -0.39 is 0 Å². The lowest BCUT2D eigenvalue weighted by Crippen LogP contribution is -2.28. The molecule has 142 valence electrons. The number of fused-ring (bicyclic) bond motifs is 2. The molecule has 0 radical (unpaired) electrons. The van der Waals surface area contributed by atoms with E-state index in [1.54, 1.807) is 30.3 Å². The van der Waals surface area contributed by atoms with Crippen LogP contribution in [0.3, 0.4) is 0 Å². The number of phenols is 1. The molecule has 6 nitrogen and oxygen atoms in total. The largest absolute Gasteiger partial charge is 0.502 e. The number of halogens is 1. The molecule has 28 heavy (non-hydrogen) atoms. The van der Waals surface area contributed by atoms with Crippen LogP contribution in [0.2, 0.25) is 5.02 Å². The molecule has 1 N–H and O–H groups in total. The van der Waals surface area contributed by atoms with Crippen molar-refractivity contribution in [2.24, 2.45) is 0 Å². The van der Waals surface area contributed by atoms with Gasteiger partial charge in [0.05, 0.1) is 25.6 Å². The zero-order valence-corrected chi connectivity index (χ0v) is 15.9. The summed E-state index contributed by atoms with van der Waals surface area (Å²) in [5, 5.41) is 10.6. The van der Waals surface area contributed by atoms with Crippen molar-refractivity contribution in [2.45, 2.75) is 0 Å². The molecule has 0 aliphatic carbocycles. The number of carbonyl (C=O) groups excluding carboxylic acids is 1. The number of carbonyl (C=O) groups is 1. The number of anilines is 2. The van der Waals surface area contributed by atoms with Crippen molar-refractivity contribution in [1.29, 1.82) is 0 Å². The van der Waals surface area contributed by atoms with Crippen molar-refractivity contribution in [1.82, 2.24) is 0 Å². The van der Waals surface area contributed by atoms with Crippen LogP contribution in [0.25, 0.3) is 0 Å². The molecule has 1 aliphatic rings. The van der Waals surface area contributed by atoms with Crippen LogP contribution in [0.15, 0.2) is 54.6 Å². The summed E-state index contributed by atoms with van der Waals surface area (Å²) in [4.78, 5) is 15.0. The second-order valence-electron chi connectivity index (χ2n) is 6.05. The van der Waals surface area contributed by atoms with Gasteiger partial charge in [-0.15, -0.1) is 0 Å². The van der Waals surface area contributed by atoms with Gasteiger partial charge in [0.25, 0.3) is 5.91 Å². The number of benzene rings is 3. The third-order valence-electron chi connectivity index (χ3n) is 4.42. The van der Waals surface area contributed by atoms with Crippen LogP contribution in [0, 0.1) is 0 Å². The molecule has 0 saturated heterocycles. The number of amides is 1. The summed E-state index contributed by atoms with van der Waals surface area (Å²) in [6, 6.07) is 15.2. The SMILES string of the molecule is COc1cc(C(=O)N2c3ccccc3Oc3ccc(Cl)cc32)cc(OC)c1O. The number of aromatic hydroxyl groups is 1. The fourth-order valence-electron chi connectivity index (χ4n) is 3.09. The van der Waals surface area contributed by atoms with Crippen molar-refractivity contribution in [3.8, 4) is 28.7 Å². The summed E-state index contributed by atoms with van der Waals surface area (Å²) in [5.74, 6) is 0.798. The first-order chi connectivity index (χ1) is 13.5. The van der Waals surface area contributed by atoms with Crippen LogP contribution in [0.5, 0.6) is 28.7 Å². The summed E-state index contributed by atoms with van der Waals surface area (Å²) >= 11 is 6.17. The highest BCUT2D eigenvalue weighted by molar-refractivity contribution is 6.31. The van der Waals surface area contributed by atoms with E-state index in [0.717, 1.165) is 0 Å². The Morgan fingerprint density at radius 2 is 1.61 bits per heavy atom. The van der Waals surface area contributed by atoms with Gasteiger partial charge in [-0.05, 0) is 42.5 Å². The lowest BCUT2D eigenvalue weighted by atomic mass is 10.1. The summed E-state index contributed by atoms with van der Waals surface area (Å²) in [5.41, 5.74) is 1.37. The Morgan fingerprint density at radius 3 is 2.29 bits per heavy atom. The van der Waals surface area contributed by atoms with Gasteiger partial charge < -0.3 is 19.3 Å². The molecular weight excluding hydrogens is 382 g/mol. The van der Waals surface area contributed by atoms with Crippen LogP contribution < -0.4 is 19.1 Å². The Morgan fingerprint density at radius 1 is 0.964 bits per heavy atom. The van der Waals surface area contributed by atoms with Crippen LogP contribution in [-0.4, -0.2) is 25.2 Å². The van der Waals surface area contributed by atoms with Crippen LogP contribution in [-0.2, 0) is 0 Å². The summed E-state index contributed by atoms with van der Waals surface area (Å²) in [6.07, 6.45) is 0. The van der Waals surface area contributed by atoms with Gasteiger partial charge in [0.2, 0.25) is 5.75 Å². The number of hydrogen-bond acceptors (Lipinski definition) is 5. The Balaban J connectivity index is 1.90. The predicted octanol–water partition coefficient (Wildman–Crippen LogP) is 5.15.